The van der Waals surface area contributed by atoms with E-state index in [9.17, 15) is 0 Å². The first-order chi connectivity index (χ1) is 8.28. The van der Waals surface area contributed by atoms with Gasteiger partial charge in [-0.1, -0.05) is 5.16 Å². The van der Waals surface area contributed by atoms with E-state index in [1.807, 2.05) is 12.1 Å². The number of pyridine rings is 1. The Balaban J connectivity index is 1.77. The van der Waals surface area contributed by atoms with Crippen LogP contribution in [0.25, 0.3) is 0 Å². The molecule has 2 rings (SSSR count). The molecule has 5 heteroatoms. The molecule has 0 saturated heterocycles. The number of rotatable bonds is 3. The standard InChI is InChI=1S/C12H15BrN2O2/c13-9-1-2-11(14-7-9)8-17-12-5-3-10(15-16)4-6-12/h1-2,7,12,16H,3-6,8H2. The molecule has 0 radical (unpaired) electrons. The average molecular weight is 299 g/mol. The Hall–Kier alpha value is -0.940. The van der Waals surface area contributed by atoms with Crippen LogP contribution < -0.4 is 0 Å². The quantitative estimate of drug-likeness (QED) is 0.689. The van der Waals surface area contributed by atoms with Crippen LogP contribution in [0, 0.1) is 0 Å². The molecule has 17 heavy (non-hydrogen) atoms. The summed E-state index contributed by atoms with van der Waals surface area (Å²) in [4.78, 5) is 4.26. The van der Waals surface area contributed by atoms with Gasteiger partial charge in [0.25, 0.3) is 0 Å². The van der Waals surface area contributed by atoms with Crippen LogP contribution in [-0.4, -0.2) is 22.0 Å². The van der Waals surface area contributed by atoms with Crippen molar-refractivity contribution in [2.24, 2.45) is 5.16 Å². The van der Waals surface area contributed by atoms with Gasteiger partial charge in [0.1, 0.15) is 0 Å². The molecule has 1 aromatic heterocycles. The predicted molar refractivity (Wildman–Crippen MR) is 68.2 cm³/mol. The Morgan fingerprint density at radius 1 is 1.41 bits per heavy atom. The van der Waals surface area contributed by atoms with Crippen LogP contribution in [0.3, 0.4) is 0 Å². The van der Waals surface area contributed by atoms with Gasteiger partial charge >= 0.3 is 0 Å². The number of hydrogen-bond donors (Lipinski definition) is 1. The van der Waals surface area contributed by atoms with Crippen molar-refractivity contribution < 1.29 is 9.94 Å². The number of ether oxygens (including phenoxy) is 1. The van der Waals surface area contributed by atoms with E-state index in [2.05, 4.69) is 26.1 Å². The minimum absolute atomic E-state index is 0.256. The number of oxime groups is 1. The summed E-state index contributed by atoms with van der Waals surface area (Å²) in [7, 11) is 0. The van der Waals surface area contributed by atoms with Gasteiger partial charge in [0.15, 0.2) is 0 Å². The van der Waals surface area contributed by atoms with Crippen LogP contribution in [0.15, 0.2) is 28.0 Å². The van der Waals surface area contributed by atoms with Crippen molar-refractivity contribution in [2.45, 2.75) is 38.4 Å². The molecule has 1 aromatic rings. The fraction of sp³-hybridized carbons (Fsp3) is 0.500. The van der Waals surface area contributed by atoms with E-state index in [0.717, 1.165) is 41.6 Å². The summed E-state index contributed by atoms with van der Waals surface area (Å²) in [6, 6.07) is 3.91. The Morgan fingerprint density at radius 2 is 2.18 bits per heavy atom. The predicted octanol–water partition coefficient (Wildman–Crippen LogP) is 3.13. The summed E-state index contributed by atoms with van der Waals surface area (Å²) in [6.45, 7) is 0.545. The van der Waals surface area contributed by atoms with Gasteiger partial charge in [0.2, 0.25) is 0 Å². The molecule has 92 valence electrons. The molecule has 1 aliphatic rings. The van der Waals surface area contributed by atoms with Crippen molar-refractivity contribution in [3.63, 3.8) is 0 Å². The van der Waals surface area contributed by atoms with Crippen molar-refractivity contribution >= 4 is 21.6 Å². The summed E-state index contributed by atoms with van der Waals surface area (Å²) in [5, 5.41) is 11.9. The topological polar surface area (TPSA) is 54.7 Å². The Kier molecular flexibility index (Phi) is 4.50. The third kappa shape index (κ3) is 3.78. The van der Waals surface area contributed by atoms with Crippen LogP contribution in [0.2, 0.25) is 0 Å². The van der Waals surface area contributed by atoms with Crippen LogP contribution in [-0.2, 0) is 11.3 Å². The highest BCUT2D eigenvalue weighted by Crippen LogP contribution is 2.20. The van der Waals surface area contributed by atoms with Gasteiger partial charge in [0, 0.05) is 10.7 Å². The second kappa shape index (κ2) is 6.12. The van der Waals surface area contributed by atoms with Crippen LogP contribution in [0.4, 0.5) is 0 Å². The lowest BCUT2D eigenvalue weighted by Crippen LogP contribution is -2.21. The molecule has 0 spiro atoms. The van der Waals surface area contributed by atoms with Crippen molar-refractivity contribution in [1.29, 1.82) is 0 Å². The Labute approximate surface area is 109 Å². The van der Waals surface area contributed by atoms with E-state index in [0.29, 0.717) is 6.61 Å². The lowest BCUT2D eigenvalue weighted by Gasteiger charge is -2.22. The molecule has 0 unspecified atom stereocenters. The minimum atomic E-state index is 0.256. The molecule has 1 saturated carbocycles. The van der Waals surface area contributed by atoms with Crippen molar-refractivity contribution in [3.05, 3.63) is 28.5 Å². The smallest absolute Gasteiger partial charge is 0.0891 e. The van der Waals surface area contributed by atoms with Crippen LogP contribution >= 0.6 is 15.9 Å². The van der Waals surface area contributed by atoms with E-state index in [4.69, 9.17) is 9.94 Å². The third-order valence-electron chi connectivity index (χ3n) is 2.91. The fourth-order valence-electron chi connectivity index (χ4n) is 1.89. The van der Waals surface area contributed by atoms with Gasteiger partial charge in [-0.15, -0.1) is 0 Å². The van der Waals surface area contributed by atoms with E-state index in [-0.39, 0.29) is 6.10 Å². The largest absolute Gasteiger partial charge is 0.411 e. The maximum atomic E-state index is 8.64. The molecule has 4 nitrogen and oxygen atoms in total. The van der Waals surface area contributed by atoms with Gasteiger partial charge in [-0.25, -0.2) is 0 Å². The Morgan fingerprint density at radius 3 is 2.76 bits per heavy atom. The molecule has 0 aliphatic heterocycles. The molecule has 1 fully saturated rings. The maximum Gasteiger partial charge on any atom is 0.0891 e. The SMILES string of the molecule is ON=C1CCC(OCc2ccc(Br)cn2)CC1. The zero-order valence-corrected chi connectivity index (χ0v) is 11.1. The molecule has 0 amide bonds. The first-order valence-electron chi connectivity index (χ1n) is 5.70. The highest BCUT2D eigenvalue weighted by atomic mass is 79.9. The van der Waals surface area contributed by atoms with E-state index in [1.165, 1.54) is 0 Å². The monoisotopic (exact) mass is 298 g/mol. The highest BCUT2D eigenvalue weighted by molar-refractivity contribution is 9.10. The van der Waals surface area contributed by atoms with Crippen molar-refractivity contribution in [3.8, 4) is 0 Å². The molecule has 0 aromatic carbocycles. The summed E-state index contributed by atoms with van der Waals surface area (Å²) < 4.78 is 6.76. The molecule has 1 N–H and O–H groups in total. The summed E-state index contributed by atoms with van der Waals surface area (Å²) in [5.74, 6) is 0. The van der Waals surface area contributed by atoms with Gasteiger partial charge in [0.05, 0.1) is 24.1 Å². The average Bonchev–Trinajstić information content (AvgIpc) is 2.39. The number of nitrogens with zero attached hydrogens (tertiary/aromatic N) is 2. The van der Waals surface area contributed by atoms with Crippen molar-refractivity contribution in [1.82, 2.24) is 4.98 Å². The first kappa shape index (κ1) is 12.5. The molecular weight excluding hydrogens is 284 g/mol. The van der Waals surface area contributed by atoms with Gasteiger partial charge in [-0.2, -0.15) is 0 Å². The van der Waals surface area contributed by atoms with Crippen LogP contribution in [0.1, 0.15) is 31.4 Å². The molecule has 1 heterocycles. The first-order valence-corrected chi connectivity index (χ1v) is 6.49. The number of aromatic nitrogens is 1. The normalized spacial score (nSPS) is 20.3. The molecular formula is C12H15BrN2O2. The minimum Gasteiger partial charge on any atom is -0.411 e. The third-order valence-corrected chi connectivity index (χ3v) is 3.38. The Bertz CT molecular complexity index is 382. The second-order valence-electron chi connectivity index (χ2n) is 4.14. The highest BCUT2D eigenvalue weighted by Gasteiger charge is 2.18. The molecule has 0 atom stereocenters. The number of halogens is 1. The molecule has 0 bridgehead atoms. The van der Waals surface area contributed by atoms with E-state index < -0.39 is 0 Å². The summed E-state index contributed by atoms with van der Waals surface area (Å²) >= 11 is 3.35. The van der Waals surface area contributed by atoms with Crippen LogP contribution in [0.5, 0.6) is 0 Å². The van der Waals surface area contributed by atoms with Gasteiger partial charge < -0.3 is 9.94 Å². The van der Waals surface area contributed by atoms with Crippen molar-refractivity contribution in [2.75, 3.05) is 0 Å². The summed E-state index contributed by atoms with van der Waals surface area (Å²) in [5.41, 5.74) is 1.82. The van der Waals surface area contributed by atoms with Gasteiger partial charge in [-0.3, -0.25) is 4.98 Å². The van der Waals surface area contributed by atoms with Gasteiger partial charge in [-0.05, 0) is 53.7 Å². The van der Waals surface area contributed by atoms with E-state index >= 15 is 0 Å². The maximum absolute atomic E-state index is 8.64. The summed E-state index contributed by atoms with van der Waals surface area (Å²) in [6.07, 6.45) is 5.54. The van der Waals surface area contributed by atoms with E-state index in [1.54, 1.807) is 6.20 Å². The lowest BCUT2D eigenvalue weighted by molar-refractivity contribution is 0.0260. The zero-order valence-electron chi connectivity index (χ0n) is 9.47. The lowest BCUT2D eigenvalue weighted by atomic mass is 9.96. The number of hydrogen-bond acceptors (Lipinski definition) is 4. The molecule has 1 aliphatic carbocycles. The zero-order chi connectivity index (χ0) is 12.1. The second-order valence-corrected chi connectivity index (χ2v) is 5.06. The fourth-order valence-corrected chi connectivity index (χ4v) is 2.12.